The molecule has 4 rings (SSSR count). The average Bonchev–Trinajstić information content (AvgIpc) is 3.34. The van der Waals surface area contributed by atoms with E-state index in [1.807, 2.05) is 30.3 Å². The van der Waals surface area contributed by atoms with E-state index in [4.69, 9.17) is 16.4 Å². The van der Waals surface area contributed by atoms with Crippen LogP contribution in [0.25, 0.3) is 5.57 Å². The molecule has 2 atom stereocenters. The summed E-state index contributed by atoms with van der Waals surface area (Å²) in [6.07, 6.45) is 8.80. The molecule has 0 spiro atoms. The maximum atomic E-state index is 11.9. The van der Waals surface area contributed by atoms with Gasteiger partial charge in [-0.3, -0.25) is 4.79 Å². The molecule has 2 aromatic carbocycles. The molecule has 2 bridgehead atoms. The van der Waals surface area contributed by atoms with Crippen LogP contribution in [0.3, 0.4) is 0 Å². The average molecular weight is 406 g/mol. The van der Waals surface area contributed by atoms with Crippen molar-refractivity contribution in [3.8, 4) is 0 Å². The quantitative estimate of drug-likeness (QED) is 0.420. The zero-order valence-electron chi connectivity index (χ0n) is 15.7. The van der Waals surface area contributed by atoms with E-state index >= 15 is 0 Å². The smallest absolute Gasteiger partial charge is 0.280 e. The second kappa shape index (κ2) is 8.88. The van der Waals surface area contributed by atoms with E-state index in [-0.39, 0.29) is 12.5 Å². The van der Waals surface area contributed by atoms with Crippen molar-refractivity contribution in [1.29, 1.82) is 0 Å². The summed E-state index contributed by atoms with van der Waals surface area (Å²) in [6, 6.07) is 17.5. The summed E-state index contributed by atoms with van der Waals surface area (Å²) < 4.78 is 0. The van der Waals surface area contributed by atoms with Crippen LogP contribution >= 0.6 is 11.6 Å². The molecule has 0 radical (unpaired) electrons. The van der Waals surface area contributed by atoms with Gasteiger partial charge in [0.1, 0.15) is 0 Å². The van der Waals surface area contributed by atoms with Crippen molar-refractivity contribution in [3.05, 3.63) is 88.5 Å². The van der Waals surface area contributed by atoms with Gasteiger partial charge in [0.15, 0.2) is 6.61 Å². The van der Waals surface area contributed by atoms with Crippen LogP contribution in [-0.4, -0.2) is 24.9 Å². The van der Waals surface area contributed by atoms with Crippen LogP contribution in [0.5, 0.6) is 0 Å². The molecule has 0 aromatic heterocycles. The van der Waals surface area contributed by atoms with Crippen LogP contribution in [0.1, 0.15) is 17.5 Å². The molecule has 2 aliphatic rings. The normalized spacial score (nSPS) is 20.2. The number of oxime groups is 1. The first-order valence-corrected chi connectivity index (χ1v) is 9.79. The van der Waals surface area contributed by atoms with Gasteiger partial charge in [-0.2, -0.15) is 5.10 Å². The number of nitrogens with one attached hydrogen (secondary N) is 1. The Labute approximate surface area is 174 Å². The summed E-state index contributed by atoms with van der Waals surface area (Å²) in [5, 5.41) is 8.52. The number of halogens is 1. The fourth-order valence-corrected chi connectivity index (χ4v) is 3.91. The number of hydrazone groups is 1. The molecule has 0 saturated carbocycles. The topological polar surface area (TPSA) is 63.0 Å². The lowest BCUT2D eigenvalue weighted by atomic mass is 9.92. The number of benzene rings is 2. The zero-order chi connectivity index (χ0) is 20.1. The molecule has 2 aliphatic carbocycles. The first-order chi connectivity index (χ1) is 14.2. The first kappa shape index (κ1) is 19.2. The third-order valence-electron chi connectivity index (χ3n) is 4.96. The lowest BCUT2D eigenvalue weighted by Gasteiger charge is -2.13. The summed E-state index contributed by atoms with van der Waals surface area (Å²) >= 11 is 5.90. The molecule has 0 aliphatic heterocycles. The van der Waals surface area contributed by atoms with Crippen molar-refractivity contribution in [2.45, 2.75) is 6.42 Å². The number of nitrogens with zero attached hydrogens (tertiary/aromatic N) is 2. The Morgan fingerprint density at radius 1 is 1.10 bits per heavy atom. The van der Waals surface area contributed by atoms with Crippen LogP contribution in [0.2, 0.25) is 5.02 Å². The fourth-order valence-electron chi connectivity index (χ4n) is 3.71. The molecule has 2 aromatic rings. The number of carbonyl (C=O) groups excluding carboxylic acids is 1. The lowest BCUT2D eigenvalue weighted by molar-refractivity contribution is -0.125. The molecular formula is C23H20ClN3O2. The van der Waals surface area contributed by atoms with E-state index in [1.54, 1.807) is 18.3 Å². The standard InChI is InChI=1S/C23H20ClN3O2/c24-20-8-4-5-16(11-20)13-26-29-15-22(28)27-25-14-21-18-9-10-19(12-18)23(21)17-6-2-1-3-7-17/h1-11,13-14,18-19H,12,15H2,(H,27,28)/b25-14-,26-13-/t18-,19+/m1/s1. The molecule has 1 N–H and O–H groups in total. The van der Waals surface area contributed by atoms with E-state index < -0.39 is 0 Å². The van der Waals surface area contributed by atoms with Crippen LogP contribution in [-0.2, 0) is 9.63 Å². The minimum Gasteiger partial charge on any atom is -0.386 e. The number of hydrogen-bond acceptors (Lipinski definition) is 4. The molecule has 0 saturated heterocycles. The van der Waals surface area contributed by atoms with Crippen LogP contribution in [0.4, 0.5) is 0 Å². The lowest BCUT2D eigenvalue weighted by Crippen LogP contribution is -2.22. The van der Waals surface area contributed by atoms with E-state index in [1.165, 1.54) is 17.4 Å². The number of fused-ring (bicyclic) bond motifs is 2. The Kier molecular flexibility index (Phi) is 5.86. The highest BCUT2D eigenvalue weighted by Gasteiger charge is 2.34. The Bertz CT molecular complexity index is 1010. The summed E-state index contributed by atoms with van der Waals surface area (Å²) in [6.45, 7) is -0.217. The minimum atomic E-state index is -0.370. The number of rotatable bonds is 7. The SMILES string of the molecule is O=C(CO/N=C\c1cccc(Cl)c1)N/N=C\C1=C(c2ccccc2)[C@H]2C=C[C@@H]1C2. The Morgan fingerprint density at radius 2 is 1.93 bits per heavy atom. The van der Waals surface area contributed by atoms with Gasteiger partial charge in [-0.25, -0.2) is 5.43 Å². The van der Waals surface area contributed by atoms with Gasteiger partial charge < -0.3 is 4.84 Å². The molecule has 0 unspecified atom stereocenters. The number of carbonyl (C=O) groups is 1. The third kappa shape index (κ3) is 4.63. The molecule has 5 nitrogen and oxygen atoms in total. The van der Waals surface area contributed by atoms with Crippen molar-refractivity contribution < 1.29 is 9.63 Å². The van der Waals surface area contributed by atoms with Gasteiger partial charge in [0.05, 0.1) is 12.4 Å². The molecule has 1 amide bonds. The predicted octanol–water partition coefficient (Wildman–Crippen LogP) is 4.45. The van der Waals surface area contributed by atoms with E-state index in [2.05, 4.69) is 40.0 Å². The number of hydrogen-bond donors (Lipinski definition) is 1. The molecule has 29 heavy (non-hydrogen) atoms. The van der Waals surface area contributed by atoms with E-state index in [9.17, 15) is 4.79 Å². The Balaban J connectivity index is 1.32. The highest BCUT2D eigenvalue weighted by molar-refractivity contribution is 6.30. The summed E-state index contributed by atoms with van der Waals surface area (Å²) in [5.74, 6) is 0.406. The van der Waals surface area contributed by atoms with E-state index in [0.717, 1.165) is 17.6 Å². The highest BCUT2D eigenvalue weighted by Crippen LogP contribution is 2.47. The zero-order valence-corrected chi connectivity index (χ0v) is 16.4. The molecular weight excluding hydrogens is 386 g/mol. The van der Waals surface area contributed by atoms with Gasteiger partial charge in [-0.1, -0.05) is 71.4 Å². The van der Waals surface area contributed by atoms with Crippen molar-refractivity contribution in [2.75, 3.05) is 6.61 Å². The van der Waals surface area contributed by atoms with Crippen molar-refractivity contribution >= 4 is 35.5 Å². The van der Waals surface area contributed by atoms with Crippen molar-refractivity contribution in [2.24, 2.45) is 22.1 Å². The van der Waals surface area contributed by atoms with Crippen LogP contribution < -0.4 is 5.43 Å². The van der Waals surface area contributed by atoms with Crippen molar-refractivity contribution in [3.63, 3.8) is 0 Å². The van der Waals surface area contributed by atoms with Crippen LogP contribution in [0, 0.1) is 11.8 Å². The van der Waals surface area contributed by atoms with Gasteiger partial charge in [-0.05, 0) is 40.8 Å². The predicted molar refractivity (Wildman–Crippen MR) is 116 cm³/mol. The second-order valence-electron chi connectivity index (χ2n) is 6.92. The van der Waals surface area contributed by atoms with Crippen LogP contribution in [0.15, 0.2) is 82.6 Å². The Morgan fingerprint density at radius 3 is 2.76 bits per heavy atom. The minimum absolute atomic E-state index is 0.217. The molecule has 146 valence electrons. The third-order valence-corrected chi connectivity index (χ3v) is 5.20. The van der Waals surface area contributed by atoms with E-state index in [0.29, 0.717) is 16.9 Å². The second-order valence-corrected chi connectivity index (χ2v) is 7.36. The molecule has 0 heterocycles. The van der Waals surface area contributed by atoms with Gasteiger partial charge in [0.2, 0.25) is 0 Å². The number of allylic oxidation sites excluding steroid dienone is 4. The molecule has 0 fully saturated rings. The van der Waals surface area contributed by atoms with Gasteiger partial charge in [0, 0.05) is 16.9 Å². The fraction of sp³-hybridized carbons (Fsp3) is 0.174. The van der Waals surface area contributed by atoms with Crippen molar-refractivity contribution in [1.82, 2.24) is 5.43 Å². The first-order valence-electron chi connectivity index (χ1n) is 9.41. The molecule has 6 heteroatoms. The van der Waals surface area contributed by atoms with Gasteiger partial charge in [-0.15, -0.1) is 0 Å². The summed E-state index contributed by atoms with van der Waals surface area (Å²) in [5.41, 5.74) is 6.94. The maximum Gasteiger partial charge on any atom is 0.280 e. The monoisotopic (exact) mass is 405 g/mol. The van der Waals surface area contributed by atoms with Gasteiger partial charge >= 0.3 is 0 Å². The maximum absolute atomic E-state index is 11.9. The summed E-state index contributed by atoms with van der Waals surface area (Å²) in [4.78, 5) is 16.9. The largest absolute Gasteiger partial charge is 0.386 e. The summed E-state index contributed by atoms with van der Waals surface area (Å²) in [7, 11) is 0. The Hall–Kier alpha value is -3.18. The highest BCUT2D eigenvalue weighted by atomic mass is 35.5. The number of amides is 1. The van der Waals surface area contributed by atoms with Gasteiger partial charge in [0.25, 0.3) is 5.91 Å².